The predicted molar refractivity (Wildman–Crippen MR) is 38.4 cm³/mol. The first-order valence-electron chi connectivity index (χ1n) is 2.93. The van der Waals surface area contributed by atoms with E-state index in [9.17, 15) is 4.79 Å². The van der Waals surface area contributed by atoms with Gasteiger partial charge in [0.25, 0.3) is 0 Å². The van der Waals surface area contributed by atoms with Crippen molar-refractivity contribution in [2.24, 2.45) is 0 Å². The Bertz CT molecular complexity index is 214. The van der Waals surface area contributed by atoms with Crippen LogP contribution in [0, 0.1) is 0 Å². The number of alkyl halides is 1. The lowest BCUT2D eigenvalue weighted by Crippen LogP contribution is -2.08. The normalized spacial score (nSPS) is 13.0. The van der Waals surface area contributed by atoms with Gasteiger partial charge in [-0.2, -0.15) is 0 Å². The molecule has 0 amide bonds. The van der Waals surface area contributed by atoms with Crippen LogP contribution in [0.25, 0.3) is 0 Å². The number of hydrogen-bond donors (Lipinski definition) is 0. The Morgan fingerprint density at radius 2 is 2.50 bits per heavy atom. The first-order valence-corrected chi connectivity index (χ1v) is 3.37. The molecule has 1 heterocycles. The SMILES string of the molecule is CC(Cl)C(=O)c1ccco1. The van der Waals surface area contributed by atoms with E-state index in [1.165, 1.54) is 6.26 Å². The van der Waals surface area contributed by atoms with Gasteiger partial charge in [-0.25, -0.2) is 0 Å². The van der Waals surface area contributed by atoms with Crippen molar-refractivity contribution in [2.45, 2.75) is 12.3 Å². The second-order valence-electron chi connectivity index (χ2n) is 1.96. The molecule has 1 rings (SSSR count). The van der Waals surface area contributed by atoms with Crippen LogP contribution in [0.5, 0.6) is 0 Å². The number of furan rings is 1. The van der Waals surface area contributed by atoms with Gasteiger partial charge in [0.2, 0.25) is 5.78 Å². The van der Waals surface area contributed by atoms with E-state index in [2.05, 4.69) is 0 Å². The van der Waals surface area contributed by atoms with Crippen molar-refractivity contribution in [3.05, 3.63) is 24.2 Å². The number of ketones is 1. The minimum atomic E-state index is -0.508. The molecule has 0 aliphatic carbocycles. The summed E-state index contributed by atoms with van der Waals surface area (Å²) in [4.78, 5) is 11.0. The van der Waals surface area contributed by atoms with Gasteiger partial charge < -0.3 is 4.42 Å². The third kappa shape index (κ3) is 1.39. The van der Waals surface area contributed by atoms with Gasteiger partial charge >= 0.3 is 0 Å². The molecular formula is C7H7ClO2. The minimum absolute atomic E-state index is 0.174. The molecule has 0 saturated carbocycles. The van der Waals surface area contributed by atoms with E-state index in [1.54, 1.807) is 19.1 Å². The summed E-state index contributed by atoms with van der Waals surface area (Å²) in [5.41, 5.74) is 0. The van der Waals surface area contributed by atoms with Gasteiger partial charge in [0.15, 0.2) is 5.76 Å². The first-order chi connectivity index (χ1) is 4.72. The van der Waals surface area contributed by atoms with Gasteiger partial charge in [0, 0.05) is 0 Å². The number of rotatable bonds is 2. The zero-order valence-electron chi connectivity index (χ0n) is 5.50. The molecule has 54 valence electrons. The van der Waals surface area contributed by atoms with E-state index < -0.39 is 5.38 Å². The van der Waals surface area contributed by atoms with Crippen LogP contribution in [0.15, 0.2) is 22.8 Å². The maximum atomic E-state index is 11.0. The van der Waals surface area contributed by atoms with E-state index in [0.29, 0.717) is 5.76 Å². The number of halogens is 1. The van der Waals surface area contributed by atoms with Crippen molar-refractivity contribution in [2.75, 3.05) is 0 Å². The summed E-state index contributed by atoms with van der Waals surface area (Å²) in [6.07, 6.45) is 1.45. The quantitative estimate of drug-likeness (QED) is 0.487. The van der Waals surface area contributed by atoms with E-state index in [4.69, 9.17) is 16.0 Å². The van der Waals surface area contributed by atoms with Crippen LogP contribution in [0.1, 0.15) is 17.5 Å². The third-order valence-electron chi connectivity index (χ3n) is 1.13. The van der Waals surface area contributed by atoms with Crippen molar-refractivity contribution in [3.8, 4) is 0 Å². The Morgan fingerprint density at radius 3 is 2.90 bits per heavy atom. The standard InChI is InChI=1S/C7H7ClO2/c1-5(8)7(9)6-3-2-4-10-6/h2-5H,1H3. The van der Waals surface area contributed by atoms with Crippen LogP contribution < -0.4 is 0 Å². The fraction of sp³-hybridized carbons (Fsp3) is 0.286. The van der Waals surface area contributed by atoms with Gasteiger partial charge in [-0.3, -0.25) is 4.79 Å². The molecule has 0 aliphatic heterocycles. The Hall–Kier alpha value is -0.760. The summed E-state index contributed by atoms with van der Waals surface area (Å²) in [6.45, 7) is 1.62. The molecule has 0 radical (unpaired) electrons. The summed E-state index contributed by atoms with van der Waals surface area (Å²) < 4.78 is 4.82. The summed E-state index contributed by atoms with van der Waals surface area (Å²) in [5, 5.41) is -0.508. The van der Waals surface area contributed by atoms with Gasteiger partial charge in [-0.05, 0) is 19.1 Å². The maximum absolute atomic E-state index is 11.0. The van der Waals surface area contributed by atoms with E-state index in [0.717, 1.165) is 0 Å². The molecule has 1 aromatic rings. The van der Waals surface area contributed by atoms with Gasteiger partial charge in [-0.15, -0.1) is 11.6 Å². The molecular weight excluding hydrogens is 152 g/mol. The molecule has 0 saturated heterocycles. The largest absolute Gasteiger partial charge is 0.461 e. The highest BCUT2D eigenvalue weighted by atomic mass is 35.5. The van der Waals surface area contributed by atoms with Crippen molar-refractivity contribution in [1.82, 2.24) is 0 Å². The predicted octanol–water partition coefficient (Wildman–Crippen LogP) is 2.09. The van der Waals surface area contributed by atoms with Gasteiger partial charge in [-0.1, -0.05) is 0 Å². The topological polar surface area (TPSA) is 30.2 Å². The zero-order chi connectivity index (χ0) is 7.56. The molecule has 0 N–H and O–H groups in total. The highest BCUT2D eigenvalue weighted by Crippen LogP contribution is 2.07. The van der Waals surface area contributed by atoms with Crippen LogP contribution in [-0.2, 0) is 0 Å². The maximum Gasteiger partial charge on any atom is 0.215 e. The van der Waals surface area contributed by atoms with Gasteiger partial charge in [0.05, 0.1) is 11.6 Å². The summed E-state index contributed by atoms with van der Waals surface area (Å²) in [7, 11) is 0. The summed E-state index contributed by atoms with van der Waals surface area (Å²) in [6, 6.07) is 3.26. The molecule has 0 spiro atoms. The van der Waals surface area contributed by atoms with Crippen LogP contribution in [-0.4, -0.2) is 11.2 Å². The minimum Gasteiger partial charge on any atom is -0.461 e. The highest BCUT2D eigenvalue weighted by Gasteiger charge is 2.13. The second-order valence-corrected chi connectivity index (χ2v) is 2.61. The lowest BCUT2D eigenvalue weighted by Gasteiger charge is -1.95. The number of Topliss-reactive ketones (excluding diaryl/α,β-unsaturated/α-hetero) is 1. The van der Waals surface area contributed by atoms with Gasteiger partial charge in [0.1, 0.15) is 0 Å². The average molecular weight is 159 g/mol. The fourth-order valence-electron chi connectivity index (χ4n) is 0.615. The molecule has 10 heavy (non-hydrogen) atoms. The zero-order valence-corrected chi connectivity index (χ0v) is 6.26. The van der Waals surface area contributed by atoms with Crippen LogP contribution in [0.2, 0.25) is 0 Å². The average Bonchev–Trinajstić information content (AvgIpc) is 2.36. The summed E-state index contributed by atoms with van der Waals surface area (Å²) in [5.74, 6) is 0.147. The van der Waals surface area contributed by atoms with Crippen molar-refractivity contribution < 1.29 is 9.21 Å². The van der Waals surface area contributed by atoms with Crippen LogP contribution in [0.3, 0.4) is 0 Å². The molecule has 0 fully saturated rings. The number of carbonyl (C=O) groups is 1. The van der Waals surface area contributed by atoms with Crippen LogP contribution in [0.4, 0.5) is 0 Å². The van der Waals surface area contributed by atoms with Crippen LogP contribution >= 0.6 is 11.6 Å². The van der Waals surface area contributed by atoms with Crippen molar-refractivity contribution >= 4 is 17.4 Å². The third-order valence-corrected chi connectivity index (χ3v) is 1.32. The monoisotopic (exact) mass is 158 g/mol. The Labute approximate surface area is 63.8 Å². The summed E-state index contributed by atoms with van der Waals surface area (Å²) >= 11 is 5.51. The van der Waals surface area contributed by atoms with E-state index in [-0.39, 0.29) is 5.78 Å². The number of hydrogen-bond acceptors (Lipinski definition) is 2. The van der Waals surface area contributed by atoms with Crippen molar-refractivity contribution in [1.29, 1.82) is 0 Å². The smallest absolute Gasteiger partial charge is 0.215 e. The first kappa shape index (κ1) is 7.35. The molecule has 2 nitrogen and oxygen atoms in total. The molecule has 0 bridgehead atoms. The lowest BCUT2D eigenvalue weighted by molar-refractivity contribution is 0.0965. The fourth-order valence-corrected chi connectivity index (χ4v) is 0.722. The Morgan fingerprint density at radius 1 is 1.80 bits per heavy atom. The molecule has 1 unspecified atom stereocenters. The van der Waals surface area contributed by atoms with E-state index >= 15 is 0 Å². The Kier molecular flexibility index (Phi) is 2.12. The number of carbonyl (C=O) groups excluding carboxylic acids is 1. The molecule has 1 atom stereocenters. The molecule has 3 heteroatoms. The molecule has 1 aromatic heterocycles. The van der Waals surface area contributed by atoms with Crippen molar-refractivity contribution in [3.63, 3.8) is 0 Å². The second kappa shape index (κ2) is 2.88. The van der Waals surface area contributed by atoms with E-state index in [1.807, 2.05) is 0 Å². The highest BCUT2D eigenvalue weighted by molar-refractivity contribution is 6.33. The molecule has 0 aliphatic rings. The Balaban J connectivity index is 2.78. The molecule has 0 aromatic carbocycles. The lowest BCUT2D eigenvalue weighted by atomic mass is 10.2.